The molecule has 0 saturated heterocycles. The number of carbonyl (C=O) groups excluding carboxylic acids is 1. The molecule has 0 spiro atoms. The minimum atomic E-state index is -0.824. The molecule has 1 heterocycles. The second-order valence-corrected chi connectivity index (χ2v) is 5.39. The molecule has 0 saturated carbocycles. The van der Waals surface area contributed by atoms with Crippen molar-refractivity contribution in [2.45, 2.75) is 40.1 Å². The number of ketones is 1. The van der Waals surface area contributed by atoms with E-state index in [1.165, 1.54) is 0 Å². The number of fused-ring (bicyclic) bond motifs is 5. The molecular weight excluding hydrogens is 384 g/mol. The Morgan fingerprint density at radius 3 is 2.16 bits per heavy atom. The van der Waals surface area contributed by atoms with E-state index in [0.29, 0.717) is 5.75 Å². The van der Waals surface area contributed by atoms with E-state index in [0.717, 1.165) is 27.8 Å². The Balaban J connectivity index is 0.000000586. The van der Waals surface area contributed by atoms with Crippen molar-refractivity contribution in [2.75, 3.05) is 0 Å². The van der Waals surface area contributed by atoms with Crippen molar-refractivity contribution >= 4 is 19.7 Å². The van der Waals surface area contributed by atoms with Gasteiger partial charge in [-0.2, -0.15) is 0 Å². The van der Waals surface area contributed by atoms with Gasteiger partial charge in [0.15, 0.2) is 5.78 Å². The number of hydrogen-bond acceptors (Lipinski definition) is 2. The van der Waals surface area contributed by atoms with Crippen LogP contribution in [0.5, 0.6) is 5.75 Å². The van der Waals surface area contributed by atoms with Gasteiger partial charge in [0.05, 0.1) is 5.50 Å². The van der Waals surface area contributed by atoms with Crippen molar-refractivity contribution in [3.63, 3.8) is 0 Å². The quantitative estimate of drug-likeness (QED) is 0.477. The largest absolute Gasteiger partial charge is 0.493 e. The van der Waals surface area contributed by atoms with E-state index in [4.69, 9.17) is 12.6 Å². The molecule has 1 atom stereocenters. The summed E-state index contributed by atoms with van der Waals surface area (Å²) >= 11 is 0. The van der Waals surface area contributed by atoms with Gasteiger partial charge in [0, 0.05) is 49.4 Å². The predicted octanol–water partition coefficient (Wildman–Crippen LogP) is 5.24. The van der Waals surface area contributed by atoms with Gasteiger partial charge in [-0.3, -0.25) is 4.79 Å². The molecule has 0 fully saturated rings. The number of carbonyl (C=O) groups is 1. The first-order valence-electron chi connectivity index (χ1n) is 8.55. The molecule has 0 aromatic heterocycles. The van der Waals surface area contributed by atoms with E-state index >= 15 is 0 Å². The van der Waals surface area contributed by atoms with Crippen molar-refractivity contribution in [3.8, 4) is 16.9 Å². The zero-order valence-electron chi connectivity index (χ0n) is 15.6. The van der Waals surface area contributed by atoms with Gasteiger partial charge in [-0.25, -0.2) is 0 Å². The third kappa shape index (κ3) is 3.98. The molecule has 3 radical (unpaired) electrons. The summed E-state index contributed by atoms with van der Waals surface area (Å²) in [6.07, 6.45) is 3.67. The molecule has 25 heavy (non-hydrogen) atoms. The third-order valence-electron chi connectivity index (χ3n) is 3.81. The maximum atomic E-state index is 12.6. The van der Waals surface area contributed by atoms with Gasteiger partial charge in [-0.05, 0) is 30.2 Å². The zero-order chi connectivity index (χ0) is 17.9. The van der Waals surface area contributed by atoms with E-state index in [2.05, 4.69) is 0 Å². The fraction of sp³-hybridized carbons (Fsp3) is 0.286. The van der Waals surface area contributed by atoms with Crippen LogP contribution in [-0.4, -0.2) is 19.1 Å². The van der Waals surface area contributed by atoms with E-state index < -0.39 is 5.50 Å². The van der Waals surface area contributed by atoms with Crippen LogP contribution in [0.1, 0.15) is 56.1 Å². The van der Waals surface area contributed by atoms with Crippen molar-refractivity contribution in [2.24, 2.45) is 0 Å². The van der Waals surface area contributed by atoms with E-state index in [1.807, 2.05) is 70.2 Å². The van der Waals surface area contributed by atoms with Crippen LogP contribution < -0.4 is 4.74 Å². The van der Waals surface area contributed by atoms with Gasteiger partial charge in [0.25, 0.3) is 0 Å². The second kappa shape index (κ2) is 8.96. The fourth-order valence-electron chi connectivity index (χ4n) is 2.89. The Bertz CT molecular complexity index is 794. The summed E-state index contributed by atoms with van der Waals surface area (Å²) in [5.74, 6) is 0.721. The first-order valence-corrected chi connectivity index (χ1v) is 8.55. The van der Waals surface area contributed by atoms with E-state index in [-0.39, 0.29) is 38.5 Å². The van der Waals surface area contributed by atoms with Crippen LogP contribution in [0, 0.1) is 0 Å². The van der Waals surface area contributed by atoms with Crippen LogP contribution in [0.25, 0.3) is 17.2 Å². The average molecular weight is 407 g/mol. The molecule has 2 aromatic carbocycles. The normalized spacial score (nSPS) is 18.0. The maximum Gasteiger partial charge on any atom is 0.195 e. The van der Waals surface area contributed by atoms with Gasteiger partial charge < -0.3 is 4.74 Å². The first kappa shape index (κ1) is 21.9. The average Bonchev–Trinajstić information content (AvgIpc) is 2.91. The Morgan fingerprint density at radius 2 is 1.52 bits per heavy atom. The van der Waals surface area contributed by atoms with Crippen molar-refractivity contribution < 1.29 is 42.2 Å². The molecule has 0 bridgehead atoms. The van der Waals surface area contributed by atoms with Gasteiger partial charge in [0.2, 0.25) is 0 Å². The summed E-state index contributed by atoms with van der Waals surface area (Å²) in [5.41, 5.74) is 3.44. The summed E-state index contributed by atoms with van der Waals surface area (Å²) in [6, 6.07) is 11.5. The first-order chi connectivity index (χ1) is 11.6. The zero-order valence-corrected chi connectivity index (χ0v) is 18.4. The van der Waals surface area contributed by atoms with Crippen molar-refractivity contribution in [1.29, 1.82) is 0 Å². The van der Waals surface area contributed by atoms with Gasteiger partial charge in [-0.15, -0.1) is 0 Å². The van der Waals surface area contributed by atoms with Crippen LogP contribution in [0.4, 0.5) is 0 Å². The molecule has 2 aliphatic rings. The van der Waals surface area contributed by atoms with Crippen LogP contribution in [0.2, 0.25) is 0 Å². The standard InChI is InChI=1S/C17H11BO2.2C2H6.Y/c1-17(18)9-8-13-14(20-17)7-6-11-10-4-2-3-5-12(10)16(19)15(11)13;2*1-2;/h2-9H,1H3;2*1-2H3;. The summed E-state index contributed by atoms with van der Waals surface area (Å²) in [6.45, 7) is 9.79. The number of ether oxygens (including phenoxy) is 1. The predicted molar refractivity (Wildman–Crippen MR) is 102 cm³/mol. The van der Waals surface area contributed by atoms with Crippen molar-refractivity contribution in [3.05, 3.63) is 59.2 Å². The molecule has 2 aromatic rings. The minimum absolute atomic E-state index is 0. The van der Waals surface area contributed by atoms with Crippen LogP contribution in [-0.2, 0) is 32.7 Å². The molecular formula is C21H23BO2Y. The van der Waals surface area contributed by atoms with Gasteiger partial charge in [-0.1, -0.05) is 64.1 Å². The molecule has 1 aliphatic heterocycles. The van der Waals surface area contributed by atoms with Crippen molar-refractivity contribution in [1.82, 2.24) is 0 Å². The van der Waals surface area contributed by atoms with E-state index in [1.54, 1.807) is 13.0 Å². The maximum absolute atomic E-state index is 12.6. The fourth-order valence-corrected chi connectivity index (χ4v) is 2.89. The summed E-state index contributed by atoms with van der Waals surface area (Å²) in [7, 11) is 5.96. The molecule has 4 rings (SSSR count). The van der Waals surface area contributed by atoms with E-state index in [9.17, 15) is 4.79 Å². The number of rotatable bonds is 0. The monoisotopic (exact) mass is 407 g/mol. The number of hydrogen-bond donors (Lipinski definition) is 0. The molecule has 2 nitrogen and oxygen atoms in total. The Kier molecular flexibility index (Phi) is 7.84. The molecule has 0 N–H and O–H groups in total. The molecule has 1 aliphatic carbocycles. The number of benzene rings is 2. The Morgan fingerprint density at radius 1 is 0.920 bits per heavy atom. The summed E-state index contributed by atoms with van der Waals surface area (Å²) in [4.78, 5) is 12.6. The molecule has 125 valence electrons. The third-order valence-corrected chi connectivity index (χ3v) is 3.81. The SMILES string of the molecule is CC.CC.[B]C1(C)C=Cc2c(ccc3c2C(=O)c2ccccc2-3)O1.[Y]. The smallest absolute Gasteiger partial charge is 0.195 e. The Hall–Kier alpha value is -1.18. The topological polar surface area (TPSA) is 26.3 Å². The molecule has 1 unspecified atom stereocenters. The van der Waals surface area contributed by atoms with Crippen LogP contribution >= 0.6 is 0 Å². The van der Waals surface area contributed by atoms with Crippen LogP contribution in [0.15, 0.2) is 42.5 Å². The van der Waals surface area contributed by atoms with Crippen LogP contribution in [0.3, 0.4) is 0 Å². The molecule has 4 heteroatoms. The van der Waals surface area contributed by atoms with Gasteiger partial charge >= 0.3 is 0 Å². The summed E-state index contributed by atoms with van der Waals surface area (Å²) in [5, 5.41) is 0. The molecule has 0 amide bonds. The summed E-state index contributed by atoms with van der Waals surface area (Å²) < 4.78 is 5.73. The van der Waals surface area contributed by atoms with Gasteiger partial charge in [0.1, 0.15) is 13.6 Å². The second-order valence-electron chi connectivity index (χ2n) is 5.39. The minimum Gasteiger partial charge on any atom is -0.493 e. The Labute approximate surface area is 177 Å².